The van der Waals surface area contributed by atoms with Crippen LogP contribution in [-0.2, 0) is 6.42 Å². The average Bonchev–Trinajstić information content (AvgIpc) is 3.04. The van der Waals surface area contributed by atoms with Gasteiger partial charge in [0.05, 0.1) is 19.1 Å². The van der Waals surface area contributed by atoms with Gasteiger partial charge in [-0.05, 0) is 78.9 Å². The van der Waals surface area contributed by atoms with Gasteiger partial charge >= 0.3 is 0 Å². The van der Waals surface area contributed by atoms with Gasteiger partial charge in [0.15, 0.2) is 0 Å². The van der Waals surface area contributed by atoms with Crippen molar-refractivity contribution < 1.29 is 9.52 Å². The average molecular weight is 302 g/mol. The molecule has 22 heavy (non-hydrogen) atoms. The van der Waals surface area contributed by atoms with Gasteiger partial charge < -0.3 is 9.52 Å². The molecule has 1 saturated carbocycles. The number of aliphatic hydroxyl groups is 1. The Bertz CT molecular complexity index is 528. The fourth-order valence-electron chi connectivity index (χ4n) is 5.15. The second kappa shape index (κ2) is 6.23. The number of fused-ring (bicyclic) bond motifs is 1. The highest BCUT2D eigenvalue weighted by Crippen LogP contribution is 2.56. The lowest BCUT2D eigenvalue weighted by atomic mass is 9.52. The monoisotopic (exact) mass is 302 g/mol. The van der Waals surface area contributed by atoms with E-state index in [-0.39, 0.29) is 6.61 Å². The molecule has 2 nitrogen and oxygen atoms in total. The normalized spacial score (nSPS) is 35.5. The van der Waals surface area contributed by atoms with Crippen LogP contribution in [0.3, 0.4) is 0 Å². The van der Waals surface area contributed by atoms with Gasteiger partial charge in [-0.15, -0.1) is 0 Å². The van der Waals surface area contributed by atoms with E-state index in [1.807, 2.05) is 6.26 Å². The van der Waals surface area contributed by atoms with Gasteiger partial charge in [0, 0.05) is 0 Å². The molecule has 1 heterocycles. The first kappa shape index (κ1) is 15.9. The van der Waals surface area contributed by atoms with E-state index < -0.39 is 0 Å². The van der Waals surface area contributed by atoms with Crippen molar-refractivity contribution >= 4 is 0 Å². The minimum absolute atomic E-state index is 0.266. The highest BCUT2D eigenvalue weighted by atomic mass is 16.3. The molecule has 1 fully saturated rings. The highest BCUT2D eigenvalue weighted by molar-refractivity contribution is 5.28. The molecule has 0 aliphatic heterocycles. The zero-order valence-corrected chi connectivity index (χ0v) is 14.3. The van der Waals surface area contributed by atoms with Gasteiger partial charge in [0.25, 0.3) is 0 Å². The van der Waals surface area contributed by atoms with E-state index in [2.05, 4.69) is 26.8 Å². The third-order valence-corrected chi connectivity index (χ3v) is 6.64. The van der Waals surface area contributed by atoms with Crippen LogP contribution < -0.4 is 0 Å². The van der Waals surface area contributed by atoms with Crippen LogP contribution in [0.25, 0.3) is 0 Å². The second-order valence-electron chi connectivity index (χ2n) is 7.84. The maximum absolute atomic E-state index is 9.79. The number of furan rings is 1. The van der Waals surface area contributed by atoms with Crippen molar-refractivity contribution in [3.8, 4) is 0 Å². The Hall–Kier alpha value is -1.02. The standard InChI is InChI=1S/C20H30O2/c1-14-11-15(2)20(3,9-7-16-8-10-22-13-16)18-6-4-5-17(12-21)19(14)18/h8,10,13-15,18,21H,4-7,9,11-12H2,1-3H3/t14-,15+,18-,20-/m0/s1. The van der Waals surface area contributed by atoms with Crippen LogP contribution >= 0.6 is 0 Å². The first-order chi connectivity index (χ1) is 10.6. The predicted molar refractivity (Wildman–Crippen MR) is 89.5 cm³/mol. The summed E-state index contributed by atoms with van der Waals surface area (Å²) in [6, 6.07) is 2.09. The summed E-state index contributed by atoms with van der Waals surface area (Å²) in [4.78, 5) is 0. The van der Waals surface area contributed by atoms with Gasteiger partial charge in [-0.2, -0.15) is 0 Å². The fourth-order valence-corrected chi connectivity index (χ4v) is 5.15. The van der Waals surface area contributed by atoms with Gasteiger partial charge in [-0.3, -0.25) is 0 Å². The van der Waals surface area contributed by atoms with E-state index in [1.165, 1.54) is 36.8 Å². The molecular weight excluding hydrogens is 272 g/mol. The molecule has 1 aromatic rings. The highest BCUT2D eigenvalue weighted by Gasteiger charge is 2.47. The minimum atomic E-state index is 0.266. The molecule has 0 spiro atoms. The molecule has 0 radical (unpaired) electrons. The van der Waals surface area contributed by atoms with Crippen molar-refractivity contribution in [3.63, 3.8) is 0 Å². The topological polar surface area (TPSA) is 33.4 Å². The Balaban J connectivity index is 1.88. The van der Waals surface area contributed by atoms with Crippen molar-refractivity contribution in [1.29, 1.82) is 0 Å². The molecule has 0 saturated heterocycles. The third kappa shape index (κ3) is 2.67. The zero-order valence-electron chi connectivity index (χ0n) is 14.3. The summed E-state index contributed by atoms with van der Waals surface area (Å²) in [5.41, 5.74) is 4.63. The van der Waals surface area contributed by atoms with Crippen molar-refractivity contribution in [2.45, 2.75) is 59.3 Å². The van der Waals surface area contributed by atoms with Crippen molar-refractivity contribution in [1.82, 2.24) is 0 Å². The van der Waals surface area contributed by atoms with E-state index in [0.29, 0.717) is 17.3 Å². The van der Waals surface area contributed by atoms with Crippen molar-refractivity contribution in [2.24, 2.45) is 23.2 Å². The first-order valence-electron chi connectivity index (χ1n) is 8.90. The minimum Gasteiger partial charge on any atom is -0.472 e. The number of hydrogen-bond acceptors (Lipinski definition) is 2. The Morgan fingerprint density at radius 1 is 1.36 bits per heavy atom. The summed E-state index contributed by atoms with van der Waals surface area (Å²) in [5, 5.41) is 9.79. The lowest BCUT2D eigenvalue weighted by Gasteiger charge is -2.53. The molecule has 122 valence electrons. The van der Waals surface area contributed by atoms with Crippen LogP contribution in [0, 0.1) is 23.2 Å². The molecule has 0 aromatic carbocycles. The first-order valence-corrected chi connectivity index (χ1v) is 8.90. The van der Waals surface area contributed by atoms with Gasteiger partial charge in [-0.25, -0.2) is 0 Å². The number of hydrogen-bond donors (Lipinski definition) is 1. The van der Waals surface area contributed by atoms with Crippen molar-refractivity contribution in [2.75, 3.05) is 6.61 Å². The number of rotatable bonds is 4. The largest absolute Gasteiger partial charge is 0.472 e. The Morgan fingerprint density at radius 2 is 2.18 bits per heavy atom. The van der Waals surface area contributed by atoms with E-state index in [9.17, 15) is 5.11 Å². The molecule has 0 amide bonds. The molecule has 0 bridgehead atoms. The lowest BCUT2D eigenvalue weighted by Crippen LogP contribution is -2.44. The molecule has 2 aliphatic rings. The van der Waals surface area contributed by atoms with Gasteiger partial charge in [0.1, 0.15) is 0 Å². The number of allylic oxidation sites excluding steroid dienone is 1. The Kier molecular flexibility index (Phi) is 4.49. The maximum Gasteiger partial charge on any atom is 0.0934 e. The summed E-state index contributed by atoms with van der Waals surface area (Å²) >= 11 is 0. The molecule has 1 aromatic heterocycles. The molecule has 3 rings (SSSR count). The third-order valence-electron chi connectivity index (χ3n) is 6.64. The summed E-state index contributed by atoms with van der Waals surface area (Å²) in [7, 11) is 0. The predicted octanol–water partition coefficient (Wildman–Crippen LogP) is 4.98. The molecule has 1 N–H and O–H groups in total. The SMILES string of the molecule is C[C@@H]1C[C@H](C)C2=C(CO)CCC[C@@H]2[C@@]1(C)CCc1ccoc1. The number of aliphatic hydroxyl groups excluding tert-OH is 1. The van der Waals surface area contributed by atoms with Crippen molar-refractivity contribution in [3.05, 3.63) is 35.3 Å². The molecule has 2 heteroatoms. The second-order valence-corrected chi connectivity index (χ2v) is 7.84. The Labute approximate surface area is 134 Å². The Morgan fingerprint density at radius 3 is 2.86 bits per heavy atom. The van der Waals surface area contributed by atoms with Crippen LogP contribution in [0.5, 0.6) is 0 Å². The fraction of sp³-hybridized carbons (Fsp3) is 0.700. The van der Waals surface area contributed by atoms with E-state index >= 15 is 0 Å². The van der Waals surface area contributed by atoms with Gasteiger partial charge in [0.2, 0.25) is 0 Å². The van der Waals surface area contributed by atoms with Gasteiger partial charge in [-0.1, -0.05) is 26.3 Å². The van der Waals surface area contributed by atoms with E-state index in [4.69, 9.17) is 4.42 Å². The van der Waals surface area contributed by atoms with Crippen LogP contribution in [0.15, 0.2) is 34.2 Å². The summed E-state index contributed by atoms with van der Waals surface area (Å²) in [5.74, 6) is 2.04. The summed E-state index contributed by atoms with van der Waals surface area (Å²) in [6.45, 7) is 7.57. The summed E-state index contributed by atoms with van der Waals surface area (Å²) < 4.78 is 5.23. The van der Waals surface area contributed by atoms with Crippen LogP contribution in [0.4, 0.5) is 0 Å². The lowest BCUT2D eigenvalue weighted by molar-refractivity contribution is 0.0465. The van der Waals surface area contributed by atoms with Crippen LogP contribution in [0.2, 0.25) is 0 Å². The van der Waals surface area contributed by atoms with Crippen LogP contribution in [0.1, 0.15) is 58.4 Å². The van der Waals surface area contributed by atoms with E-state index in [0.717, 1.165) is 18.8 Å². The quantitative estimate of drug-likeness (QED) is 0.795. The van der Waals surface area contributed by atoms with Crippen LogP contribution in [-0.4, -0.2) is 11.7 Å². The number of aryl methyl sites for hydroxylation is 1. The smallest absolute Gasteiger partial charge is 0.0934 e. The zero-order chi connectivity index (χ0) is 15.7. The molecular formula is C20H30O2. The molecule has 4 atom stereocenters. The maximum atomic E-state index is 9.79. The molecule has 0 unspecified atom stereocenters. The summed E-state index contributed by atoms with van der Waals surface area (Å²) in [6.07, 6.45) is 10.9. The van der Waals surface area contributed by atoms with E-state index in [1.54, 1.807) is 11.8 Å². The molecule has 2 aliphatic carbocycles.